The number of nitrogens with one attached hydrogen (secondary N) is 1. The van der Waals surface area contributed by atoms with Gasteiger partial charge in [-0.25, -0.2) is 0 Å². The zero-order chi connectivity index (χ0) is 15.3. The summed E-state index contributed by atoms with van der Waals surface area (Å²) >= 11 is 5.93. The molecule has 7 heteroatoms. The van der Waals surface area contributed by atoms with E-state index in [4.69, 9.17) is 17.3 Å². The lowest BCUT2D eigenvalue weighted by Gasteiger charge is -2.17. The summed E-state index contributed by atoms with van der Waals surface area (Å²) in [6.07, 6.45) is 0.648. The van der Waals surface area contributed by atoms with Gasteiger partial charge in [-0.1, -0.05) is 25.4 Å². The molecular weight excluding hydrogens is 282 g/mol. The zero-order valence-electron chi connectivity index (χ0n) is 11.4. The molecule has 0 heterocycles. The Hall–Kier alpha value is -1.66. The summed E-state index contributed by atoms with van der Waals surface area (Å²) in [5.41, 5.74) is 5.69. The van der Waals surface area contributed by atoms with Crippen LogP contribution in [-0.2, 0) is 4.79 Å². The van der Waals surface area contributed by atoms with E-state index in [2.05, 4.69) is 5.32 Å². The summed E-state index contributed by atoms with van der Waals surface area (Å²) in [7, 11) is 0. The molecule has 0 radical (unpaired) electrons. The molecule has 0 saturated heterocycles. The van der Waals surface area contributed by atoms with Crippen molar-refractivity contribution in [3.05, 3.63) is 33.3 Å². The number of hydrogen-bond acceptors (Lipinski definition) is 4. The molecule has 0 fully saturated rings. The molecule has 6 nitrogen and oxygen atoms in total. The first-order valence-electron chi connectivity index (χ1n) is 6.30. The van der Waals surface area contributed by atoms with E-state index in [1.165, 1.54) is 18.2 Å². The average Bonchev–Trinajstić information content (AvgIpc) is 2.37. The molecule has 110 valence electrons. The first-order chi connectivity index (χ1) is 9.35. The molecule has 1 unspecified atom stereocenters. The van der Waals surface area contributed by atoms with Crippen LogP contribution in [0, 0.1) is 22.0 Å². The van der Waals surface area contributed by atoms with Gasteiger partial charge in [0.2, 0.25) is 5.91 Å². The van der Waals surface area contributed by atoms with Gasteiger partial charge in [0.05, 0.1) is 21.6 Å². The van der Waals surface area contributed by atoms with E-state index >= 15 is 0 Å². The molecule has 1 amide bonds. The van der Waals surface area contributed by atoms with E-state index in [-0.39, 0.29) is 34.8 Å². The second-order valence-corrected chi connectivity index (χ2v) is 5.38. The van der Waals surface area contributed by atoms with Crippen molar-refractivity contribution in [2.45, 2.75) is 20.3 Å². The number of hydrogen-bond donors (Lipinski definition) is 2. The summed E-state index contributed by atoms with van der Waals surface area (Å²) in [5.74, 6) is -0.288. The number of amides is 1. The predicted octanol–water partition coefficient (Wildman–Crippen LogP) is 2.81. The van der Waals surface area contributed by atoms with Gasteiger partial charge < -0.3 is 11.1 Å². The van der Waals surface area contributed by atoms with Crippen LogP contribution >= 0.6 is 11.6 Å². The fraction of sp³-hybridized carbons (Fsp3) is 0.462. The van der Waals surface area contributed by atoms with Crippen molar-refractivity contribution < 1.29 is 9.72 Å². The fourth-order valence-electron chi connectivity index (χ4n) is 1.84. The number of halogens is 1. The third-order valence-corrected chi connectivity index (χ3v) is 3.16. The van der Waals surface area contributed by atoms with Gasteiger partial charge in [0.15, 0.2) is 0 Å². The highest BCUT2D eigenvalue weighted by atomic mass is 35.5. The number of nitro groups is 1. The second-order valence-electron chi connectivity index (χ2n) is 4.97. The highest BCUT2D eigenvalue weighted by Gasteiger charge is 2.20. The van der Waals surface area contributed by atoms with Crippen LogP contribution in [0.3, 0.4) is 0 Å². The Bertz CT molecular complexity index is 506. The van der Waals surface area contributed by atoms with Gasteiger partial charge in [-0.15, -0.1) is 0 Å². The van der Waals surface area contributed by atoms with Crippen molar-refractivity contribution in [2.75, 3.05) is 11.9 Å². The Balaban J connectivity index is 2.88. The zero-order valence-corrected chi connectivity index (χ0v) is 12.2. The predicted molar refractivity (Wildman–Crippen MR) is 78.7 cm³/mol. The van der Waals surface area contributed by atoms with Gasteiger partial charge in [0, 0.05) is 18.7 Å². The topological polar surface area (TPSA) is 98.3 Å². The third kappa shape index (κ3) is 4.47. The molecule has 3 N–H and O–H groups in total. The minimum atomic E-state index is -0.541. The van der Waals surface area contributed by atoms with E-state index in [0.717, 1.165) is 0 Å². The first kappa shape index (κ1) is 16.4. The Morgan fingerprint density at radius 2 is 2.15 bits per heavy atom. The molecule has 1 atom stereocenters. The summed E-state index contributed by atoms with van der Waals surface area (Å²) in [4.78, 5) is 22.3. The van der Waals surface area contributed by atoms with Crippen molar-refractivity contribution >= 4 is 28.9 Å². The summed E-state index contributed by atoms with van der Waals surface area (Å²) < 4.78 is 0. The van der Waals surface area contributed by atoms with Crippen LogP contribution in [0.15, 0.2) is 18.2 Å². The lowest BCUT2D eigenvalue weighted by atomic mass is 9.96. The van der Waals surface area contributed by atoms with Gasteiger partial charge in [-0.2, -0.15) is 0 Å². The van der Waals surface area contributed by atoms with E-state index in [1.807, 2.05) is 13.8 Å². The minimum absolute atomic E-state index is 0.127. The number of carbonyl (C=O) groups is 1. The molecule has 0 aliphatic heterocycles. The first-order valence-corrected chi connectivity index (χ1v) is 6.67. The molecule has 0 saturated carbocycles. The number of carbonyl (C=O) groups excluding carboxylic acids is 1. The monoisotopic (exact) mass is 299 g/mol. The van der Waals surface area contributed by atoms with Gasteiger partial charge in [0.25, 0.3) is 5.69 Å². The van der Waals surface area contributed by atoms with Crippen molar-refractivity contribution in [1.82, 2.24) is 0 Å². The Morgan fingerprint density at radius 1 is 1.50 bits per heavy atom. The highest BCUT2D eigenvalue weighted by Crippen LogP contribution is 2.27. The lowest BCUT2D eigenvalue weighted by Crippen LogP contribution is -2.30. The van der Waals surface area contributed by atoms with Crippen LogP contribution in [0.5, 0.6) is 0 Å². The molecule has 0 aromatic heterocycles. The van der Waals surface area contributed by atoms with Crippen LogP contribution in [0.1, 0.15) is 20.3 Å². The number of rotatable bonds is 6. The lowest BCUT2D eigenvalue weighted by molar-refractivity contribution is -0.384. The van der Waals surface area contributed by atoms with Crippen molar-refractivity contribution in [3.63, 3.8) is 0 Å². The fourth-order valence-corrected chi connectivity index (χ4v) is 2.00. The van der Waals surface area contributed by atoms with Crippen LogP contribution in [0.25, 0.3) is 0 Å². The SMILES string of the molecule is CC(C)CC(CN)C(=O)Nc1cc([N+](=O)[O-])ccc1Cl. The van der Waals surface area contributed by atoms with Gasteiger partial charge in [-0.3, -0.25) is 14.9 Å². The molecular formula is C13H18ClN3O3. The Labute approximate surface area is 122 Å². The largest absolute Gasteiger partial charge is 0.330 e. The molecule has 0 bridgehead atoms. The number of nitro benzene ring substituents is 1. The molecule has 0 aliphatic rings. The maximum Gasteiger partial charge on any atom is 0.271 e. The van der Waals surface area contributed by atoms with Gasteiger partial charge in [-0.05, 0) is 18.4 Å². The number of benzene rings is 1. The van der Waals surface area contributed by atoms with Crippen LogP contribution in [0.2, 0.25) is 5.02 Å². The van der Waals surface area contributed by atoms with E-state index in [9.17, 15) is 14.9 Å². The van der Waals surface area contributed by atoms with Gasteiger partial charge >= 0.3 is 0 Å². The Morgan fingerprint density at radius 3 is 2.65 bits per heavy atom. The minimum Gasteiger partial charge on any atom is -0.330 e. The van der Waals surface area contributed by atoms with Crippen LogP contribution < -0.4 is 11.1 Å². The normalized spacial score (nSPS) is 12.2. The average molecular weight is 300 g/mol. The van der Waals surface area contributed by atoms with Gasteiger partial charge in [0.1, 0.15) is 0 Å². The van der Waals surface area contributed by atoms with E-state index in [0.29, 0.717) is 12.3 Å². The summed E-state index contributed by atoms with van der Waals surface area (Å²) in [5, 5.41) is 13.6. The molecule has 20 heavy (non-hydrogen) atoms. The third-order valence-electron chi connectivity index (χ3n) is 2.83. The summed E-state index contributed by atoms with van der Waals surface area (Å²) in [6, 6.07) is 3.91. The molecule has 0 spiro atoms. The van der Waals surface area contributed by atoms with Crippen molar-refractivity contribution in [1.29, 1.82) is 0 Å². The van der Waals surface area contributed by atoms with E-state index in [1.54, 1.807) is 0 Å². The number of non-ortho nitro benzene ring substituents is 1. The quantitative estimate of drug-likeness (QED) is 0.623. The highest BCUT2D eigenvalue weighted by molar-refractivity contribution is 6.33. The van der Waals surface area contributed by atoms with E-state index < -0.39 is 4.92 Å². The standard InChI is InChI=1S/C13H18ClN3O3/c1-8(2)5-9(7-15)13(18)16-12-6-10(17(19)20)3-4-11(12)14/h3-4,6,8-9H,5,7,15H2,1-2H3,(H,16,18). The number of nitrogens with zero attached hydrogens (tertiary/aromatic N) is 1. The van der Waals surface area contributed by atoms with Crippen LogP contribution in [-0.4, -0.2) is 17.4 Å². The molecule has 1 aromatic carbocycles. The molecule has 1 rings (SSSR count). The van der Waals surface area contributed by atoms with Crippen molar-refractivity contribution in [3.8, 4) is 0 Å². The van der Waals surface area contributed by atoms with Crippen LogP contribution in [0.4, 0.5) is 11.4 Å². The molecule has 0 aliphatic carbocycles. The second kappa shape index (κ2) is 7.21. The van der Waals surface area contributed by atoms with Crippen molar-refractivity contribution in [2.24, 2.45) is 17.6 Å². The maximum absolute atomic E-state index is 12.1. The summed E-state index contributed by atoms with van der Waals surface area (Å²) in [6.45, 7) is 4.21. The number of nitrogens with two attached hydrogens (primary N) is 1. The smallest absolute Gasteiger partial charge is 0.271 e. The Kier molecular flexibility index (Phi) is 5.91. The maximum atomic E-state index is 12.1. The number of anilines is 1. The molecule has 1 aromatic rings.